The van der Waals surface area contributed by atoms with E-state index >= 15 is 0 Å². The Morgan fingerprint density at radius 1 is 1.23 bits per heavy atom. The van der Waals surface area contributed by atoms with E-state index in [1.165, 1.54) is 0 Å². The maximum absolute atomic E-state index is 13.3. The summed E-state index contributed by atoms with van der Waals surface area (Å²) < 4.78 is 16.7. The van der Waals surface area contributed by atoms with E-state index in [4.69, 9.17) is 14.2 Å². The van der Waals surface area contributed by atoms with Crippen LogP contribution in [-0.4, -0.2) is 58.6 Å². The van der Waals surface area contributed by atoms with Gasteiger partial charge in [0.15, 0.2) is 17.9 Å². The smallest absolute Gasteiger partial charge is 0.198 e. The molecule has 4 atom stereocenters. The van der Waals surface area contributed by atoms with Crippen molar-refractivity contribution in [2.45, 2.75) is 51.3 Å². The Morgan fingerprint density at radius 3 is 2.70 bits per heavy atom. The number of carbonyl (C=O) groups is 2. The predicted molar refractivity (Wildman–Crippen MR) is 105 cm³/mol. The van der Waals surface area contributed by atoms with Gasteiger partial charge in [-0.3, -0.25) is 9.59 Å². The summed E-state index contributed by atoms with van der Waals surface area (Å²) in [5.74, 6) is -0.655. The Hall–Kier alpha value is -2.52. The number of aromatic hydroxyl groups is 1. The number of benzene rings is 1. The number of hydrogen-bond donors (Lipinski definition) is 3. The highest BCUT2D eigenvalue weighted by molar-refractivity contribution is 6.26. The Balaban J connectivity index is 1.77. The molecule has 3 aliphatic rings. The number of aliphatic hydroxyl groups excluding tert-OH is 2. The fraction of sp³-hybridized carbons (Fsp3) is 0.455. The first-order chi connectivity index (χ1) is 14.3. The van der Waals surface area contributed by atoms with E-state index < -0.39 is 42.8 Å². The highest BCUT2D eigenvalue weighted by Gasteiger charge is 2.40. The predicted octanol–water partition coefficient (Wildman–Crippen LogP) is 2.02. The fourth-order valence-electron chi connectivity index (χ4n) is 4.10. The van der Waals surface area contributed by atoms with E-state index in [1.54, 1.807) is 19.1 Å². The Bertz CT molecular complexity index is 960. The van der Waals surface area contributed by atoms with E-state index in [9.17, 15) is 24.9 Å². The number of ether oxygens (including phenoxy) is 3. The summed E-state index contributed by atoms with van der Waals surface area (Å²) in [5.41, 5.74) is 1.06. The molecule has 0 radical (unpaired) electrons. The van der Waals surface area contributed by atoms with Gasteiger partial charge in [-0.15, -0.1) is 0 Å². The number of allylic oxidation sites excluding steroid dienone is 2. The summed E-state index contributed by atoms with van der Waals surface area (Å²) in [7, 11) is 0. The van der Waals surface area contributed by atoms with Crippen LogP contribution in [0.4, 0.5) is 0 Å². The molecule has 3 N–H and O–H groups in total. The molecule has 0 saturated carbocycles. The number of fused-ring (bicyclic) bond motifs is 2. The molecule has 30 heavy (non-hydrogen) atoms. The SMILES string of the molecule is CCC[C@H]1OC(C)=Cc2cc3c(c(O)c21)C(=O)C(C1OCC(O)C(CO)O1)=CC3=O. The van der Waals surface area contributed by atoms with Gasteiger partial charge in [0, 0.05) is 11.1 Å². The van der Waals surface area contributed by atoms with Crippen molar-refractivity contribution in [1.29, 1.82) is 0 Å². The normalized spacial score (nSPS) is 28.3. The second-order valence-electron chi connectivity index (χ2n) is 7.68. The molecule has 0 aromatic heterocycles. The fourth-order valence-corrected chi connectivity index (χ4v) is 4.10. The summed E-state index contributed by atoms with van der Waals surface area (Å²) in [4.78, 5) is 26.1. The van der Waals surface area contributed by atoms with Crippen LogP contribution in [0.15, 0.2) is 23.5 Å². The van der Waals surface area contributed by atoms with Crippen molar-refractivity contribution in [3.63, 3.8) is 0 Å². The quantitative estimate of drug-likeness (QED) is 0.681. The van der Waals surface area contributed by atoms with Crippen LogP contribution in [0, 0.1) is 0 Å². The number of phenolic OH excluding ortho intramolecular Hbond substituents is 1. The van der Waals surface area contributed by atoms with E-state index in [0.717, 1.165) is 12.5 Å². The average molecular weight is 416 g/mol. The van der Waals surface area contributed by atoms with Crippen molar-refractivity contribution in [2.75, 3.05) is 13.2 Å². The maximum Gasteiger partial charge on any atom is 0.198 e. The third kappa shape index (κ3) is 3.35. The zero-order valence-electron chi connectivity index (χ0n) is 16.8. The number of carbonyl (C=O) groups excluding carboxylic acids is 2. The van der Waals surface area contributed by atoms with Crippen molar-refractivity contribution in [3.8, 4) is 5.75 Å². The zero-order chi connectivity index (χ0) is 21.6. The molecule has 3 unspecified atom stereocenters. The van der Waals surface area contributed by atoms with E-state index in [2.05, 4.69) is 0 Å². The Labute approximate surface area is 173 Å². The molecule has 0 spiro atoms. The van der Waals surface area contributed by atoms with Gasteiger partial charge in [0.2, 0.25) is 0 Å². The third-order valence-electron chi connectivity index (χ3n) is 5.55. The highest BCUT2D eigenvalue weighted by atomic mass is 16.7. The summed E-state index contributed by atoms with van der Waals surface area (Å²) >= 11 is 0. The van der Waals surface area contributed by atoms with Gasteiger partial charge in [0.25, 0.3) is 0 Å². The number of ketones is 2. The lowest BCUT2D eigenvalue weighted by Gasteiger charge is -2.35. The summed E-state index contributed by atoms with van der Waals surface area (Å²) in [6.45, 7) is 3.17. The van der Waals surface area contributed by atoms with Crippen LogP contribution in [-0.2, 0) is 14.2 Å². The van der Waals surface area contributed by atoms with Gasteiger partial charge in [-0.1, -0.05) is 13.3 Å². The van der Waals surface area contributed by atoms with Gasteiger partial charge >= 0.3 is 0 Å². The molecular weight excluding hydrogens is 392 g/mol. The molecule has 1 saturated heterocycles. The van der Waals surface area contributed by atoms with E-state index in [-0.39, 0.29) is 29.1 Å². The molecular formula is C22H24O8. The van der Waals surface area contributed by atoms with Crippen LogP contribution in [0.25, 0.3) is 6.08 Å². The van der Waals surface area contributed by atoms with Gasteiger partial charge in [-0.05, 0) is 37.1 Å². The molecule has 8 heteroatoms. The van der Waals surface area contributed by atoms with Crippen LogP contribution < -0.4 is 0 Å². The summed E-state index contributed by atoms with van der Waals surface area (Å²) in [6, 6.07) is 1.61. The highest BCUT2D eigenvalue weighted by Crippen LogP contribution is 2.44. The maximum atomic E-state index is 13.3. The Kier molecular flexibility index (Phi) is 5.50. The number of hydrogen-bond acceptors (Lipinski definition) is 8. The standard InChI is InChI=1S/C22H24O8/c1-3-4-16-18-11(5-10(2)29-16)6-12-14(24)7-13(20(26)19(12)21(18)27)22-28-9-15(25)17(8-23)30-22/h5-7,15-17,22-23,25,27H,3-4,8-9H2,1-2H3/t15?,16-,17?,22?/m1/s1. The minimum atomic E-state index is -1.23. The van der Waals surface area contributed by atoms with Crippen molar-refractivity contribution >= 4 is 17.6 Å². The lowest BCUT2D eigenvalue weighted by molar-refractivity contribution is -0.241. The van der Waals surface area contributed by atoms with Crippen molar-refractivity contribution < 1.29 is 39.1 Å². The second kappa shape index (κ2) is 7.96. The van der Waals surface area contributed by atoms with E-state index in [1.807, 2.05) is 6.92 Å². The first-order valence-corrected chi connectivity index (χ1v) is 9.97. The lowest BCUT2D eigenvalue weighted by Crippen LogP contribution is -2.47. The van der Waals surface area contributed by atoms with Gasteiger partial charge in [-0.2, -0.15) is 0 Å². The molecule has 1 fully saturated rings. The third-order valence-corrected chi connectivity index (χ3v) is 5.55. The molecule has 2 heterocycles. The van der Waals surface area contributed by atoms with Crippen LogP contribution in [0.1, 0.15) is 64.6 Å². The minimum absolute atomic E-state index is 0.0800. The van der Waals surface area contributed by atoms with Gasteiger partial charge in [0.1, 0.15) is 24.1 Å². The molecule has 4 rings (SSSR count). The zero-order valence-corrected chi connectivity index (χ0v) is 16.8. The van der Waals surface area contributed by atoms with Crippen molar-refractivity contribution in [3.05, 3.63) is 45.7 Å². The monoisotopic (exact) mass is 416 g/mol. The molecule has 1 aromatic carbocycles. The van der Waals surface area contributed by atoms with Gasteiger partial charge in [-0.25, -0.2) is 0 Å². The molecule has 2 aliphatic heterocycles. The average Bonchev–Trinajstić information content (AvgIpc) is 2.70. The minimum Gasteiger partial charge on any atom is -0.507 e. The molecule has 0 bridgehead atoms. The van der Waals surface area contributed by atoms with Crippen LogP contribution in [0.5, 0.6) is 5.75 Å². The molecule has 1 aromatic rings. The lowest BCUT2D eigenvalue weighted by atomic mass is 9.82. The molecule has 8 nitrogen and oxygen atoms in total. The van der Waals surface area contributed by atoms with Crippen LogP contribution in [0.3, 0.4) is 0 Å². The number of rotatable bonds is 4. The molecule has 0 amide bonds. The summed E-state index contributed by atoms with van der Waals surface area (Å²) in [6.07, 6.45) is 0.675. The van der Waals surface area contributed by atoms with Crippen molar-refractivity contribution in [1.82, 2.24) is 0 Å². The number of phenols is 1. The first kappa shape index (κ1) is 20.7. The first-order valence-electron chi connectivity index (χ1n) is 9.97. The topological polar surface area (TPSA) is 123 Å². The Morgan fingerprint density at radius 2 is 2.00 bits per heavy atom. The van der Waals surface area contributed by atoms with Crippen molar-refractivity contribution in [2.24, 2.45) is 0 Å². The largest absolute Gasteiger partial charge is 0.507 e. The number of Topliss-reactive ketones (excluding diaryl/α,β-unsaturated/α-hetero) is 1. The van der Waals surface area contributed by atoms with Gasteiger partial charge < -0.3 is 29.5 Å². The van der Waals surface area contributed by atoms with Crippen LogP contribution >= 0.6 is 0 Å². The van der Waals surface area contributed by atoms with Crippen LogP contribution in [0.2, 0.25) is 0 Å². The number of aliphatic hydroxyl groups is 2. The molecule has 160 valence electrons. The summed E-state index contributed by atoms with van der Waals surface area (Å²) in [5, 5.41) is 30.2. The van der Waals surface area contributed by atoms with E-state index in [0.29, 0.717) is 23.3 Å². The van der Waals surface area contributed by atoms with Gasteiger partial charge in [0.05, 0.1) is 30.1 Å². The molecule has 1 aliphatic carbocycles. The second-order valence-corrected chi connectivity index (χ2v) is 7.68.